The van der Waals surface area contributed by atoms with Crippen LogP contribution in [0.25, 0.3) is 0 Å². The van der Waals surface area contributed by atoms with E-state index in [1.54, 1.807) is 0 Å². The van der Waals surface area contributed by atoms with Gasteiger partial charge in [0.05, 0.1) is 0 Å². The Labute approximate surface area is 95.4 Å². The van der Waals surface area contributed by atoms with Gasteiger partial charge in [-0.05, 0) is 7.05 Å². The van der Waals surface area contributed by atoms with E-state index in [4.69, 9.17) is 28.9 Å². The molecule has 0 aromatic carbocycles. The number of piperazine rings is 1. The quantitative estimate of drug-likeness (QED) is 0.792. The molecule has 0 aromatic rings. The summed E-state index contributed by atoms with van der Waals surface area (Å²) in [6, 6.07) is 0.388. The van der Waals surface area contributed by atoms with Crippen LogP contribution >= 0.6 is 23.2 Å². The SMILES string of the molecule is CN1CCN(C/C(Cl)=C/Cl)C(CN)C1. The maximum Gasteiger partial charge on any atom is 0.0434 e. The molecular weight excluding hydrogens is 221 g/mol. The summed E-state index contributed by atoms with van der Waals surface area (Å²) in [5.41, 5.74) is 7.13. The number of nitrogens with zero attached hydrogens (tertiary/aromatic N) is 2. The second-order valence-electron chi connectivity index (χ2n) is 3.68. The third-order valence-electron chi connectivity index (χ3n) is 2.55. The highest BCUT2D eigenvalue weighted by atomic mass is 35.5. The molecule has 1 heterocycles. The Balaban J connectivity index is 2.50. The predicted molar refractivity (Wildman–Crippen MR) is 61.7 cm³/mol. The van der Waals surface area contributed by atoms with Gasteiger partial charge in [0.1, 0.15) is 0 Å². The van der Waals surface area contributed by atoms with E-state index >= 15 is 0 Å². The Morgan fingerprint density at radius 1 is 1.57 bits per heavy atom. The molecule has 1 aliphatic rings. The lowest BCUT2D eigenvalue weighted by Gasteiger charge is -2.39. The van der Waals surface area contributed by atoms with E-state index in [9.17, 15) is 0 Å². The van der Waals surface area contributed by atoms with Crippen LogP contribution in [-0.2, 0) is 0 Å². The van der Waals surface area contributed by atoms with Gasteiger partial charge in [-0.25, -0.2) is 0 Å². The topological polar surface area (TPSA) is 32.5 Å². The van der Waals surface area contributed by atoms with Gasteiger partial charge in [-0.3, -0.25) is 4.90 Å². The van der Waals surface area contributed by atoms with Crippen LogP contribution in [0, 0.1) is 0 Å². The third kappa shape index (κ3) is 3.41. The van der Waals surface area contributed by atoms with Crippen LogP contribution in [0.5, 0.6) is 0 Å². The first-order valence-electron chi connectivity index (χ1n) is 4.74. The summed E-state index contributed by atoms with van der Waals surface area (Å²) in [6.45, 7) is 4.43. The lowest BCUT2D eigenvalue weighted by molar-refractivity contribution is 0.105. The zero-order chi connectivity index (χ0) is 10.6. The second-order valence-corrected chi connectivity index (χ2v) is 4.38. The minimum Gasteiger partial charge on any atom is -0.329 e. The van der Waals surface area contributed by atoms with Crippen molar-refractivity contribution in [2.45, 2.75) is 6.04 Å². The molecule has 0 aromatic heterocycles. The van der Waals surface area contributed by atoms with Gasteiger partial charge >= 0.3 is 0 Å². The molecule has 82 valence electrons. The van der Waals surface area contributed by atoms with Crippen molar-refractivity contribution in [2.75, 3.05) is 39.8 Å². The normalized spacial score (nSPS) is 26.9. The average Bonchev–Trinajstić information content (AvgIpc) is 2.20. The van der Waals surface area contributed by atoms with E-state index < -0.39 is 0 Å². The van der Waals surface area contributed by atoms with E-state index in [1.807, 2.05) is 0 Å². The van der Waals surface area contributed by atoms with Crippen molar-refractivity contribution in [3.63, 3.8) is 0 Å². The summed E-state index contributed by atoms with van der Waals surface area (Å²) < 4.78 is 0. The molecular formula is C9H17Cl2N3. The maximum absolute atomic E-state index is 5.89. The minimum absolute atomic E-state index is 0.388. The zero-order valence-electron chi connectivity index (χ0n) is 8.42. The maximum atomic E-state index is 5.89. The molecule has 0 radical (unpaired) electrons. The molecule has 0 aliphatic carbocycles. The van der Waals surface area contributed by atoms with Crippen LogP contribution < -0.4 is 5.73 Å². The van der Waals surface area contributed by atoms with Gasteiger partial charge in [-0.15, -0.1) is 0 Å². The standard InChI is InChI=1S/C9H17Cl2N3/c1-13-2-3-14(6-8(11)4-10)9(5-12)7-13/h4,9H,2-3,5-7,12H2,1H3/b8-4-. The summed E-state index contributed by atoms with van der Waals surface area (Å²) in [5, 5.41) is 0.676. The highest BCUT2D eigenvalue weighted by molar-refractivity contribution is 6.36. The van der Waals surface area contributed by atoms with Crippen molar-refractivity contribution in [3.05, 3.63) is 10.6 Å². The molecule has 0 saturated carbocycles. The van der Waals surface area contributed by atoms with Crippen LogP contribution in [0.1, 0.15) is 0 Å². The Kier molecular flexibility index (Phi) is 5.20. The summed E-state index contributed by atoms with van der Waals surface area (Å²) in [4.78, 5) is 4.56. The Hall–Kier alpha value is 0.200. The van der Waals surface area contributed by atoms with Crippen molar-refractivity contribution in [1.29, 1.82) is 0 Å². The molecule has 1 rings (SSSR count). The van der Waals surface area contributed by atoms with E-state index in [0.29, 0.717) is 24.2 Å². The highest BCUT2D eigenvalue weighted by Crippen LogP contribution is 2.12. The number of hydrogen-bond donors (Lipinski definition) is 1. The lowest BCUT2D eigenvalue weighted by atomic mass is 10.2. The van der Waals surface area contributed by atoms with E-state index in [0.717, 1.165) is 19.6 Å². The summed E-state index contributed by atoms with van der Waals surface area (Å²) in [7, 11) is 2.11. The van der Waals surface area contributed by atoms with Crippen LogP contribution in [-0.4, -0.2) is 55.6 Å². The number of hydrogen-bond acceptors (Lipinski definition) is 3. The van der Waals surface area contributed by atoms with E-state index in [-0.39, 0.29) is 0 Å². The summed E-state index contributed by atoms with van der Waals surface area (Å²) >= 11 is 11.4. The van der Waals surface area contributed by atoms with Gasteiger partial charge < -0.3 is 10.6 Å². The molecule has 0 amide bonds. The van der Waals surface area contributed by atoms with Crippen LogP contribution in [0.15, 0.2) is 10.6 Å². The zero-order valence-corrected chi connectivity index (χ0v) is 9.93. The molecule has 5 heteroatoms. The van der Waals surface area contributed by atoms with Crippen LogP contribution in [0.4, 0.5) is 0 Å². The number of halogens is 2. The first-order valence-corrected chi connectivity index (χ1v) is 5.56. The molecule has 14 heavy (non-hydrogen) atoms. The fourth-order valence-corrected chi connectivity index (χ4v) is 1.93. The molecule has 1 saturated heterocycles. The molecule has 1 aliphatic heterocycles. The molecule has 1 atom stereocenters. The Morgan fingerprint density at radius 2 is 2.29 bits per heavy atom. The lowest BCUT2D eigenvalue weighted by Crippen LogP contribution is -2.54. The first kappa shape index (κ1) is 12.3. The molecule has 0 bridgehead atoms. The number of likely N-dealkylation sites (N-methyl/N-ethyl adjacent to an activating group) is 1. The summed E-state index contributed by atoms with van der Waals surface area (Å²) in [5.74, 6) is 0. The van der Waals surface area contributed by atoms with Gasteiger partial charge in [-0.2, -0.15) is 0 Å². The minimum atomic E-state index is 0.388. The van der Waals surface area contributed by atoms with Crippen molar-refractivity contribution in [1.82, 2.24) is 9.80 Å². The highest BCUT2D eigenvalue weighted by Gasteiger charge is 2.23. The van der Waals surface area contributed by atoms with E-state index in [2.05, 4.69) is 16.8 Å². The Bertz CT molecular complexity index is 208. The molecule has 0 spiro atoms. The number of nitrogens with two attached hydrogens (primary N) is 1. The van der Waals surface area contributed by atoms with Crippen molar-refractivity contribution >= 4 is 23.2 Å². The first-order chi connectivity index (χ1) is 6.67. The van der Waals surface area contributed by atoms with Crippen molar-refractivity contribution in [2.24, 2.45) is 5.73 Å². The smallest absolute Gasteiger partial charge is 0.0434 e. The fourth-order valence-electron chi connectivity index (χ4n) is 1.71. The molecule has 2 N–H and O–H groups in total. The molecule has 1 fully saturated rings. The van der Waals surface area contributed by atoms with Gasteiger partial charge in [0.25, 0.3) is 0 Å². The third-order valence-corrected chi connectivity index (χ3v) is 3.16. The van der Waals surface area contributed by atoms with Crippen molar-refractivity contribution in [3.8, 4) is 0 Å². The monoisotopic (exact) mass is 237 g/mol. The molecule has 3 nitrogen and oxygen atoms in total. The van der Waals surface area contributed by atoms with Crippen LogP contribution in [0.3, 0.4) is 0 Å². The fraction of sp³-hybridized carbons (Fsp3) is 0.778. The summed E-state index contributed by atoms with van der Waals surface area (Å²) in [6.07, 6.45) is 0. The molecule has 1 unspecified atom stereocenters. The van der Waals surface area contributed by atoms with Gasteiger partial charge in [-0.1, -0.05) is 23.2 Å². The predicted octanol–water partition coefficient (Wildman–Crippen LogP) is 0.880. The van der Waals surface area contributed by atoms with Gasteiger partial charge in [0, 0.05) is 49.3 Å². The Morgan fingerprint density at radius 3 is 2.86 bits per heavy atom. The van der Waals surface area contributed by atoms with Gasteiger partial charge in [0.15, 0.2) is 0 Å². The van der Waals surface area contributed by atoms with E-state index in [1.165, 1.54) is 5.54 Å². The van der Waals surface area contributed by atoms with Crippen molar-refractivity contribution < 1.29 is 0 Å². The number of rotatable bonds is 3. The average molecular weight is 238 g/mol. The second kappa shape index (κ2) is 5.93. The van der Waals surface area contributed by atoms with Crippen LogP contribution in [0.2, 0.25) is 0 Å². The van der Waals surface area contributed by atoms with Gasteiger partial charge in [0.2, 0.25) is 0 Å². The largest absolute Gasteiger partial charge is 0.329 e.